The lowest BCUT2D eigenvalue weighted by Crippen LogP contribution is -2.00. The van der Waals surface area contributed by atoms with E-state index in [2.05, 4.69) is 15.2 Å². The van der Waals surface area contributed by atoms with Gasteiger partial charge in [0.05, 0.1) is 17.8 Å². The number of aliphatic carboxylic acids is 1. The standard InChI is InChI=1S/C16H14N4O3/c1-10-2-7-14-17-13(8-15(22)23)16(20(14)9-10)19-18-11-3-5-12(21)6-4-11/h2-7,9,21H,8H2,1H3,(H,22,23). The van der Waals surface area contributed by atoms with Crippen LogP contribution in [0.5, 0.6) is 5.75 Å². The maximum absolute atomic E-state index is 11.0. The van der Waals surface area contributed by atoms with Crippen molar-refractivity contribution in [1.82, 2.24) is 9.38 Å². The number of rotatable bonds is 4. The molecule has 0 radical (unpaired) electrons. The van der Waals surface area contributed by atoms with Crippen molar-refractivity contribution in [2.45, 2.75) is 13.3 Å². The van der Waals surface area contributed by atoms with Gasteiger partial charge in [0, 0.05) is 6.20 Å². The fraction of sp³-hybridized carbons (Fsp3) is 0.125. The number of benzene rings is 1. The van der Waals surface area contributed by atoms with E-state index in [1.807, 2.05) is 19.2 Å². The second-order valence-corrected chi connectivity index (χ2v) is 5.10. The molecule has 7 nitrogen and oxygen atoms in total. The van der Waals surface area contributed by atoms with Gasteiger partial charge in [-0.1, -0.05) is 6.07 Å². The molecule has 0 bridgehead atoms. The topological polar surface area (TPSA) is 99.5 Å². The van der Waals surface area contributed by atoms with Crippen LogP contribution in [0.4, 0.5) is 11.5 Å². The third-order valence-corrected chi connectivity index (χ3v) is 3.24. The molecule has 0 unspecified atom stereocenters. The molecule has 116 valence electrons. The summed E-state index contributed by atoms with van der Waals surface area (Å²) in [6, 6.07) is 9.94. The van der Waals surface area contributed by atoms with Gasteiger partial charge in [0.2, 0.25) is 0 Å². The Morgan fingerprint density at radius 3 is 2.61 bits per heavy atom. The number of carboxylic acid groups (broad SMARTS) is 1. The van der Waals surface area contributed by atoms with E-state index >= 15 is 0 Å². The Hall–Kier alpha value is -3.22. The molecule has 0 aliphatic rings. The number of azo groups is 1. The van der Waals surface area contributed by atoms with Gasteiger partial charge in [-0.25, -0.2) is 4.98 Å². The summed E-state index contributed by atoms with van der Waals surface area (Å²) in [6.45, 7) is 1.93. The van der Waals surface area contributed by atoms with Gasteiger partial charge in [-0.2, -0.15) is 0 Å². The highest BCUT2D eigenvalue weighted by atomic mass is 16.4. The van der Waals surface area contributed by atoms with Crippen LogP contribution >= 0.6 is 0 Å². The minimum absolute atomic E-state index is 0.140. The van der Waals surface area contributed by atoms with Gasteiger partial charge in [0.15, 0.2) is 5.82 Å². The first kappa shape index (κ1) is 14.7. The third-order valence-electron chi connectivity index (χ3n) is 3.24. The van der Waals surface area contributed by atoms with Gasteiger partial charge in [-0.05, 0) is 42.8 Å². The summed E-state index contributed by atoms with van der Waals surface area (Å²) in [6.07, 6.45) is 1.60. The van der Waals surface area contributed by atoms with E-state index in [0.717, 1.165) is 5.56 Å². The van der Waals surface area contributed by atoms with Crippen molar-refractivity contribution in [3.63, 3.8) is 0 Å². The quantitative estimate of drug-likeness (QED) is 0.721. The summed E-state index contributed by atoms with van der Waals surface area (Å²) < 4.78 is 1.72. The van der Waals surface area contributed by atoms with Crippen LogP contribution in [0.2, 0.25) is 0 Å². The first-order valence-corrected chi connectivity index (χ1v) is 6.93. The van der Waals surface area contributed by atoms with E-state index in [4.69, 9.17) is 5.11 Å². The summed E-state index contributed by atoms with van der Waals surface area (Å²) in [5, 5.41) is 26.6. The normalized spacial score (nSPS) is 11.3. The van der Waals surface area contributed by atoms with Crippen molar-refractivity contribution in [3.8, 4) is 5.75 Å². The second kappa shape index (κ2) is 5.88. The number of imidazole rings is 1. The Labute approximate surface area is 131 Å². The predicted molar refractivity (Wildman–Crippen MR) is 83.6 cm³/mol. The number of pyridine rings is 1. The number of hydrogen-bond acceptors (Lipinski definition) is 5. The molecule has 2 heterocycles. The number of carboxylic acids is 1. The maximum atomic E-state index is 11.0. The zero-order chi connectivity index (χ0) is 16.4. The Balaban J connectivity index is 2.07. The van der Waals surface area contributed by atoms with Crippen molar-refractivity contribution in [2.75, 3.05) is 0 Å². The molecule has 3 aromatic rings. The minimum Gasteiger partial charge on any atom is -0.508 e. The molecule has 0 aliphatic carbocycles. The van der Waals surface area contributed by atoms with Crippen LogP contribution in [0, 0.1) is 6.92 Å². The first-order valence-electron chi connectivity index (χ1n) is 6.93. The highest BCUT2D eigenvalue weighted by Gasteiger charge is 2.15. The lowest BCUT2D eigenvalue weighted by molar-refractivity contribution is -0.136. The number of phenolic OH excluding ortho intramolecular Hbond substituents is 1. The zero-order valence-corrected chi connectivity index (χ0v) is 12.3. The molecular weight excluding hydrogens is 296 g/mol. The van der Waals surface area contributed by atoms with Crippen molar-refractivity contribution in [2.24, 2.45) is 10.2 Å². The van der Waals surface area contributed by atoms with Gasteiger partial charge < -0.3 is 10.2 Å². The van der Waals surface area contributed by atoms with E-state index in [0.29, 0.717) is 22.8 Å². The number of phenols is 1. The molecule has 23 heavy (non-hydrogen) atoms. The van der Waals surface area contributed by atoms with Gasteiger partial charge in [0.1, 0.15) is 11.4 Å². The van der Waals surface area contributed by atoms with Crippen LogP contribution in [0.1, 0.15) is 11.3 Å². The van der Waals surface area contributed by atoms with Crippen molar-refractivity contribution >= 4 is 23.1 Å². The fourth-order valence-electron chi connectivity index (χ4n) is 2.18. The number of aromatic hydroxyl groups is 1. The van der Waals surface area contributed by atoms with E-state index in [9.17, 15) is 9.90 Å². The molecule has 0 atom stereocenters. The molecule has 0 amide bonds. The molecule has 0 spiro atoms. The molecule has 0 saturated carbocycles. The van der Waals surface area contributed by atoms with E-state index in [1.165, 1.54) is 12.1 Å². The largest absolute Gasteiger partial charge is 0.508 e. The summed E-state index contributed by atoms with van der Waals surface area (Å²) in [4.78, 5) is 15.3. The van der Waals surface area contributed by atoms with Crippen LogP contribution in [0.25, 0.3) is 5.65 Å². The lowest BCUT2D eigenvalue weighted by atomic mass is 10.3. The van der Waals surface area contributed by atoms with Crippen LogP contribution in [-0.4, -0.2) is 25.6 Å². The minimum atomic E-state index is -0.980. The lowest BCUT2D eigenvalue weighted by Gasteiger charge is -1.99. The highest BCUT2D eigenvalue weighted by molar-refractivity contribution is 5.72. The van der Waals surface area contributed by atoms with Gasteiger partial charge >= 0.3 is 5.97 Å². The van der Waals surface area contributed by atoms with E-state index in [1.54, 1.807) is 22.6 Å². The average molecular weight is 310 g/mol. The Bertz CT molecular complexity index is 898. The first-order chi connectivity index (χ1) is 11.0. The smallest absolute Gasteiger partial charge is 0.309 e. The number of aromatic nitrogens is 2. The summed E-state index contributed by atoms with van der Waals surface area (Å²) in [7, 11) is 0. The summed E-state index contributed by atoms with van der Waals surface area (Å²) >= 11 is 0. The summed E-state index contributed by atoms with van der Waals surface area (Å²) in [5.41, 5.74) is 2.52. The molecule has 0 aliphatic heterocycles. The average Bonchev–Trinajstić information content (AvgIpc) is 2.82. The van der Waals surface area contributed by atoms with Crippen LogP contribution in [0.3, 0.4) is 0 Å². The second-order valence-electron chi connectivity index (χ2n) is 5.10. The third kappa shape index (κ3) is 3.18. The van der Waals surface area contributed by atoms with E-state index < -0.39 is 5.97 Å². The van der Waals surface area contributed by atoms with E-state index in [-0.39, 0.29) is 12.2 Å². The number of carbonyl (C=O) groups is 1. The van der Waals surface area contributed by atoms with Gasteiger partial charge in [-0.15, -0.1) is 10.2 Å². The molecule has 7 heteroatoms. The van der Waals surface area contributed by atoms with Crippen LogP contribution < -0.4 is 0 Å². The molecular formula is C16H14N4O3. The number of fused-ring (bicyclic) bond motifs is 1. The van der Waals surface area contributed by atoms with Crippen LogP contribution in [0.15, 0.2) is 52.8 Å². The molecule has 2 aromatic heterocycles. The molecule has 2 N–H and O–H groups in total. The van der Waals surface area contributed by atoms with Gasteiger partial charge in [0.25, 0.3) is 0 Å². The predicted octanol–water partition coefficient (Wildman–Crippen LogP) is 3.39. The number of hydrogen-bond donors (Lipinski definition) is 2. The van der Waals surface area contributed by atoms with Crippen LogP contribution in [-0.2, 0) is 11.2 Å². The Morgan fingerprint density at radius 1 is 1.17 bits per heavy atom. The Kier molecular flexibility index (Phi) is 3.76. The monoisotopic (exact) mass is 310 g/mol. The Morgan fingerprint density at radius 2 is 1.91 bits per heavy atom. The maximum Gasteiger partial charge on any atom is 0.309 e. The number of nitrogens with zero attached hydrogens (tertiary/aromatic N) is 4. The van der Waals surface area contributed by atoms with Gasteiger partial charge in [-0.3, -0.25) is 9.20 Å². The van der Waals surface area contributed by atoms with Crippen molar-refractivity contribution < 1.29 is 15.0 Å². The fourth-order valence-corrected chi connectivity index (χ4v) is 2.18. The molecule has 0 fully saturated rings. The van der Waals surface area contributed by atoms with Crippen molar-refractivity contribution in [1.29, 1.82) is 0 Å². The molecule has 1 aromatic carbocycles. The highest BCUT2D eigenvalue weighted by Crippen LogP contribution is 2.26. The molecule has 3 rings (SSSR count). The SMILES string of the molecule is Cc1ccc2nc(CC(=O)O)c(N=Nc3ccc(O)cc3)n2c1. The molecule has 0 saturated heterocycles. The van der Waals surface area contributed by atoms with Crippen molar-refractivity contribution in [3.05, 3.63) is 53.9 Å². The zero-order valence-electron chi connectivity index (χ0n) is 12.3. The summed E-state index contributed by atoms with van der Waals surface area (Å²) in [5.74, 6) is -0.452. The number of aryl methyl sites for hydroxylation is 1.